The summed E-state index contributed by atoms with van der Waals surface area (Å²) in [4.78, 5) is 28.1. The van der Waals surface area contributed by atoms with Crippen LogP contribution in [0.3, 0.4) is 0 Å². The number of methoxy groups -OCH3 is 1. The molecule has 2 aromatic carbocycles. The zero-order chi connectivity index (χ0) is 20.4. The lowest BCUT2D eigenvalue weighted by Gasteiger charge is -2.13. The molecule has 0 N–H and O–H groups in total. The first-order chi connectivity index (χ1) is 14.1. The van der Waals surface area contributed by atoms with Gasteiger partial charge in [0.2, 0.25) is 0 Å². The molecule has 0 saturated heterocycles. The predicted octanol–water partition coefficient (Wildman–Crippen LogP) is 3.21. The molecular weight excluding hydrogens is 372 g/mol. The largest absolute Gasteiger partial charge is 0.497 e. The van der Waals surface area contributed by atoms with Crippen molar-refractivity contribution in [3.8, 4) is 5.75 Å². The Hall–Kier alpha value is -3.94. The van der Waals surface area contributed by atoms with Crippen LogP contribution in [0.4, 0.5) is 5.69 Å². The van der Waals surface area contributed by atoms with Gasteiger partial charge in [0, 0.05) is 18.3 Å². The number of hydrogen-bond donors (Lipinski definition) is 0. The monoisotopic (exact) mass is 390 g/mol. The number of nitrogens with zero attached hydrogens (tertiary/aromatic N) is 4. The van der Waals surface area contributed by atoms with Gasteiger partial charge in [0.15, 0.2) is 0 Å². The van der Waals surface area contributed by atoms with E-state index in [2.05, 4.69) is 4.98 Å². The van der Waals surface area contributed by atoms with Crippen molar-refractivity contribution in [2.24, 2.45) is 0 Å². The molecule has 0 saturated carbocycles. The highest BCUT2D eigenvalue weighted by Crippen LogP contribution is 2.21. The SMILES string of the molecule is COc1ccc(Cn2c3ccc([N+](=O)[O-])cc3c(=O)n2Cc2ccccn2)cc1. The van der Waals surface area contributed by atoms with Crippen molar-refractivity contribution < 1.29 is 9.66 Å². The average molecular weight is 390 g/mol. The molecule has 146 valence electrons. The molecule has 4 rings (SSSR count). The van der Waals surface area contributed by atoms with Gasteiger partial charge in [0.25, 0.3) is 11.2 Å². The van der Waals surface area contributed by atoms with Gasteiger partial charge in [-0.1, -0.05) is 18.2 Å². The molecule has 0 unspecified atom stereocenters. The van der Waals surface area contributed by atoms with Gasteiger partial charge >= 0.3 is 0 Å². The number of rotatable bonds is 6. The standard InChI is InChI=1S/C21H18N4O4/c1-29-18-8-5-15(6-9-18)13-23-20-10-7-17(25(27)28)12-19(20)21(26)24(23)14-16-4-2-3-11-22-16/h2-12H,13-14H2,1H3. The van der Waals surface area contributed by atoms with Gasteiger partial charge in [-0.2, -0.15) is 0 Å². The van der Waals surface area contributed by atoms with Crippen molar-refractivity contribution in [3.63, 3.8) is 0 Å². The van der Waals surface area contributed by atoms with Gasteiger partial charge in [-0.25, -0.2) is 4.68 Å². The highest BCUT2D eigenvalue weighted by atomic mass is 16.6. The summed E-state index contributed by atoms with van der Waals surface area (Å²) < 4.78 is 8.60. The van der Waals surface area contributed by atoms with E-state index >= 15 is 0 Å². The third-order valence-electron chi connectivity index (χ3n) is 4.75. The van der Waals surface area contributed by atoms with Crippen LogP contribution in [0.25, 0.3) is 10.9 Å². The molecule has 8 nitrogen and oxygen atoms in total. The van der Waals surface area contributed by atoms with Crippen molar-refractivity contribution in [2.75, 3.05) is 7.11 Å². The summed E-state index contributed by atoms with van der Waals surface area (Å²) in [6, 6.07) is 17.4. The minimum atomic E-state index is -0.497. The minimum absolute atomic E-state index is 0.110. The summed E-state index contributed by atoms with van der Waals surface area (Å²) in [5.74, 6) is 0.743. The van der Waals surface area contributed by atoms with Crippen LogP contribution >= 0.6 is 0 Å². The van der Waals surface area contributed by atoms with Crippen LogP contribution in [0.1, 0.15) is 11.3 Å². The van der Waals surface area contributed by atoms with Crippen molar-refractivity contribution in [1.29, 1.82) is 0 Å². The number of hydrogen-bond acceptors (Lipinski definition) is 5. The number of benzene rings is 2. The second kappa shape index (κ2) is 7.59. The van der Waals surface area contributed by atoms with Crippen LogP contribution in [-0.2, 0) is 13.1 Å². The highest BCUT2D eigenvalue weighted by molar-refractivity contribution is 5.81. The van der Waals surface area contributed by atoms with Gasteiger partial charge in [0.1, 0.15) is 5.75 Å². The molecule has 2 aromatic heterocycles. The van der Waals surface area contributed by atoms with Gasteiger partial charge in [-0.15, -0.1) is 0 Å². The zero-order valence-corrected chi connectivity index (χ0v) is 15.7. The summed E-state index contributed by atoms with van der Waals surface area (Å²) in [6.45, 7) is 0.686. The van der Waals surface area contributed by atoms with Gasteiger partial charge in [-0.05, 0) is 35.9 Å². The van der Waals surface area contributed by atoms with Gasteiger partial charge in [-0.3, -0.25) is 24.6 Å². The van der Waals surface area contributed by atoms with E-state index in [1.165, 1.54) is 12.1 Å². The van der Waals surface area contributed by atoms with E-state index in [0.717, 1.165) is 17.0 Å². The number of nitro benzene ring substituents is 1. The van der Waals surface area contributed by atoms with Crippen molar-refractivity contribution in [3.05, 3.63) is 98.6 Å². The van der Waals surface area contributed by atoms with Crippen molar-refractivity contribution in [1.82, 2.24) is 14.3 Å². The Kier molecular flexibility index (Phi) is 4.82. The van der Waals surface area contributed by atoms with E-state index in [9.17, 15) is 14.9 Å². The van der Waals surface area contributed by atoms with E-state index in [1.54, 1.807) is 24.1 Å². The quantitative estimate of drug-likeness (QED) is 0.372. The van der Waals surface area contributed by atoms with E-state index < -0.39 is 4.92 Å². The maximum Gasteiger partial charge on any atom is 0.275 e. The molecule has 0 spiro atoms. The van der Waals surface area contributed by atoms with E-state index in [-0.39, 0.29) is 17.8 Å². The molecule has 0 aliphatic heterocycles. The first-order valence-corrected chi connectivity index (χ1v) is 8.97. The molecule has 0 amide bonds. The second-order valence-electron chi connectivity index (χ2n) is 6.55. The lowest BCUT2D eigenvalue weighted by atomic mass is 10.2. The Morgan fingerprint density at radius 2 is 1.83 bits per heavy atom. The summed E-state index contributed by atoms with van der Waals surface area (Å²) in [6.07, 6.45) is 1.67. The highest BCUT2D eigenvalue weighted by Gasteiger charge is 2.17. The smallest absolute Gasteiger partial charge is 0.275 e. The number of pyridine rings is 1. The molecule has 0 fully saturated rings. The molecule has 0 aliphatic rings. The third-order valence-corrected chi connectivity index (χ3v) is 4.75. The number of non-ortho nitro benzene ring substituents is 1. The fraction of sp³-hybridized carbons (Fsp3) is 0.143. The minimum Gasteiger partial charge on any atom is -0.497 e. The maximum absolute atomic E-state index is 13.1. The van der Waals surface area contributed by atoms with Crippen LogP contribution in [0.5, 0.6) is 5.75 Å². The zero-order valence-electron chi connectivity index (χ0n) is 15.7. The topological polar surface area (TPSA) is 92.2 Å². The predicted molar refractivity (Wildman–Crippen MR) is 108 cm³/mol. The van der Waals surface area contributed by atoms with Crippen LogP contribution in [0.2, 0.25) is 0 Å². The van der Waals surface area contributed by atoms with E-state index in [0.29, 0.717) is 17.4 Å². The van der Waals surface area contributed by atoms with E-state index in [4.69, 9.17) is 4.74 Å². The molecule has 0 atom stereocenters. The van der Waals surface area contributed by atoms with Crippen LogP contribution in [0.15, 0.2) is 71.7 Å². The molecular formula is C21H18N4O4. The van der Waals surface area contributed by atoms with Crippen molar-refractivity contribution in [2.45, 2.75) is 13.1 Å². The fourth-order valence-corrected chi connectivity index (χ4v) is 3.29. The Morgan fingerprint density at radius 1 is 1.03 bits per heavy atom. The number of nitro groups is 1. The molecule has 8 heteroatoms. The summed E-state index contributed by atoms with van der Waals surface area (Å²) >= 11 is 0. The lowest BCUT2D eigenvalue weighted by Crippen LogP contribution is -2.24. The van der Waals surface area contributed by atoms with Crippen molar-refractivity contribution >= 4 is 16.6 Å². The van der Waals surface area contributed by atoms with Crippen LogP contribution < -0.4 is 10.3 Å². The molecule has 0 radical (unpaired) electrons. The normalized spacial score (nSPS) is 10.9. The van der Waals surface area contributed by atoms with Crippen LogP contribution in [-0.4, -0.2) is 26.4 Å². The number of ether oxygens (including phenoxy) is 1. The maximum atomic E-state index is 13.1. The van der Waals surface area contributed by atoms with Crippen LogP contribution in [0, 0.1) is 10.1 Å². The summed E-state index contributed by atoms with van der Waals surface area (Å²) in [7, 11) is 1.60. The first kappa shape index (κ1) is 18.4. The number of fused-ring (bicyclic) bond motifs is 1. The first-order valence-electron chi connectivity index (χ1n) is 8.97. The summed E-state index contributed by atoms with van der Waals surface area (Å²) in [5.41, 5.74) is 1.93. The number of aromatic nitrogens is 3. The molecule has 0 bridgehead atoms. The van der Waals surface area contributed by atoms with Gasteiger partial charge < -0.3 is 4.74 Å². The Bertz CT molecular complexity index is 1230. The van der Waals surface area contributed by atoms with E-state index in [1.807, 2.05) is 47.1 Å². The molecule has 0 aliphatic carbocycles. The van der Waals surface area contributed by atoms with Gasteiger partial charge in [0.05, 0.1) is 41.7 Å². The Labute approximate surface area is 165 Å². The molecule has 29 heavy (non-hydrogen) atoms. The second-order valence-corrected chi connectivity index (χ2v) is 6.55. The summed E-state index contributed by atoms with van der Waals surface area (Å²) in [5, 5.41) is 11.5. The molecule has 4 aromatic rings. The lowest BCUT2D eigenvalue weighted by molar-refractivity contribution is -0.384. The fourth-order valence-electron chi connectivity index (χ4n) is 3.29. The average Bonchev–Trinajstić information content (AvgIpc) is 3.00. The molecule has 2 heterocycles. The Balaban J connectivity index is 1.85. The third kappa shape index (κ3) is 3.60. The Morgan fingerprint density at radius 3 is 2.48 bits per heavy atom.